The van der Waals surface area contributed by atoms with Crippen LogP contribution in [-0.2, 0) is 10.2 Å². The number of pyridine rings is 1. The van der Waals surface area contributed by atoms with E-state index in [1.165, 1.54) is 22.3 Å². The Kier molecular flexibility index (Phi) is 6.13. The highest BCUT2D eigenvalue weighted by Crippen LogP contribution is 2.45. The van der Waals surface area contributed by atoms with Gasteiger partial charge in [0.05, 0.1) is 10.6 Å². The zero-order chi connectivity index (χ0) is 23.6. The molecule has 4 rings (SSSR count). The highest BCUT2D eigenvalue weighted by Gasteiger charge is 2.45. The highest BCUT2D eigenvalue weighted by atomic mass is 32.1. The molecule has 0 aromatic carbocycles. The fourth-order valence-electron chi connectivity index (χ4n) is 3.84. The van der Waals surface area contributed by atoms with Crippen molar-refractivity contribution in [2.45, 2.75) is 51.0 Å². The second-order valence-corrected chi connectivity index (χ2v) is 10.2. The fraction of sp³-hybridized carbons (Fsp3) is 0.375. The number of carbonyl (C=O) groups is 1. The van der Waals surface area contributed by atoms with Crippen molar-refractivity contribution in [1.29, 1.82) is 5.26 Å². The number of aromatic nitrogens is 3. The average molecular weight is 466 g/mol. The van der Waals surface area contributed by atoms with E-state index in [0.717, 1.165) is 11.3 Å². The minimum atomic E-state index is -0.712. The van der Waals surface area contributed by atoms with Crippen LogP contribution in [0, 0.1) is 17.1 Å². The van der Waals surface area contributed by atoms with Gasteiger partial charge < -0.3 is 4.74 Å². The predicted octanol–water partition coefficient (Wildman–Crippen LogP) is 5.47. The summed E-state index contributed by atoms with van der Waals surface area (Å²) in [6.45, 7) is 5.55. The van der Waals surface area contributed by atoms with Gasteiger partial charge in [0.15, 0.2) is 5.82 Å². The number of carbonyl (C=O) groups excluding carboxylic acids is 1. The molecule has 0 saturated heterocycles. The Morgan fingerprint density at radius 1 is 1.24 bits per heavy atom. The van der Waals surface area contributed by atoms with Crippen molar-refractivity contribution in [3.05, 3.63) is 59.0 Å². The third-order valence-electron chi connectivity index (χ3n) is 5.54. The Morgan fingerprint density at radius 3 is 2.58 bits per heavy atom. The van der Waals surface area contributed by atoms with E-state index >= 15 is 0 Å². The lowest BCUT2D eigenvalue weighted by Crippen LogP contribution is -2.50. The van der Waals surface area contributed by atoms with E-state index in [1.807, 2.05) is 6.07 Å². The number of nitriles is 1. The molecule has 0 atom stereocenters. The Morgan fingerprint density at radius 2 is 2.03 bits per heavy atom. The SMILES string of the molecule is CC(C)(C)OC(=O)N(CC1(c2ncccc2F)CCC1)c1ccc(-c2ccc(C#N)s2)nn1. The Hall–Kier alpha value is -3.38. The zero-order valence-corrected chi connectivity index (χ0v) is 19.5. The maximum absolute atomic E-state index is 14.7. The number of ether oxygens (including phenoxy) is 1. The maximum Gasteiger partial charge on any atom is 0.416 e. The van der Waals surface area contributed by atoms with E-state index in [0.29, 0.717) is 34.9 Å². The number of nitrogens with zero attached hydrogens (tertiary/aromatic N) is 5. The summed E-state index contributed by atoms with van der Waals surface area (Å²) in [5, 5.41) is 17.6. The van der Waals surface area contributed by atoms with Gasteiger partial charge in [0.1, 0.15) is 28.1 Å². The van der Waals surface area contributed by atoms with Gasteiger partial charge in [-0.15, -0.1) is 21.5 Å². The molecule has 3 heterocycles. The van der Waals surface area contributed by atoms with Gasteiger partial charge in [-0.3, -0.25) is 9.88 Å². The molecule has 0 spiro atoms. The Balaban J connectivity index is 1.67. The molecule has 0 bridgehead atoms. The highest BCUT2D eigenvalue weighted by molar-refractivity contribution is 7.15. The summed E-state index contributed by atoms with van der Waals surface area (Å²) in [6, 6.07) is 12.0. The van der Waals surface area contributed by atoms with Crippen LogP contribution in [0.1, 0.15) is 50.6 Å². The molecule has 0 N–H and O–H groups in total. The van der Waals surface area contributed by atoms with E-state index < -0.39 is 17.1 Å². The number of thiophene rings is 1. The minimum absolute atomic E-state index is 0.182. The van der Waals surface area contributed by atoms with Gasteiger partial charge in [-0.1, -0.05) is 6.42 Å². The average Bonchev–Trinajstić information content (AvgIpc) is 3.22. The molecule has 170 valence electrons. The molecule has 3 aromatic heterocycles. The van der Waals surface area contributed by atoms with E-state index in [9.17, 15) is 9.18 Å². The summed E-state index contributed by atoms with van der Waals surface area (Å²) < 4.78 is 20.3. The summed E-state index contributed by atoms with van der Waals surface area (Å²) in [5.41, 5.74) is -0.366. The molecule has 0 aliphatic heterocycles. The molecule has 1 amide bonds. The van der Waals surface area contributed by atoms with Crippen molar-refractivity contribution in [2.24, 2.45) is 0 Å². The van der Waals surface area contributed by atoms with Crippen molar-refractivity contribution in [2.75, 3.05) is 11.4 Å². The van der Waals surface area contributed by atoms with E-state index in [2.05, 4.69) is 21.3 Å². The molecule has 1 fully saturated rings. The summed E-state index contributed by atoms with van der Waals surface area (Å²) in [7, 11) is 0. The van der Waals surface area contributed by atoms with Gasteiger partial charge in [0.25, 0.3) is 0 Å². The van der Waals surface area contributed by atoms with Crippen LogP contribution in [-0.4, -0.2) is 33.4 Å². The van der Waals surface area contributed by atoms with Crippen LogP contribution in [0.5, 0.6) is 0 Å². The molecule has 3 aromatic rings. The van der Waals surface area contributed by atoms with Gasteiger partial charge in [-0.2, -0.15) is 5.26 Å². The maximum atomic E-state index is 14.7. The van der Waals surface area contributed by atoms with Crippen LogP contribution in [0.4, 0.5) is 15.0 Å². The number of anilines is 1. The van der Waals surface area contributed by atoms with Crippen LogP contribution < -0.4 is 4.90 Å². The third kappa shape index (κ3) is 4.86. The Bertz CT molecular complexity index is 1190. The molecule has 1 saturated carbocycles. The van der Waals surface area contributed by atoms with Gasteiger partial charge in [-0.05, 0) is 70.0 Å². The number of rotatable bonds is 5. The molecular formula is C24H24FN5O2S. The topological polar surface area (TPSA) is 92.0 Å². The monoisotopic (exact) mass is 465 g/mol. The number of halogens is 1. The molecule has 1 aliphatic rings. The zero-order valence-electron chi connectivity index (χ0n) is 18.7. The number of amides is 1. The lowest BCUT2D eigenvalue weighted by atomic mass is 9.66. The van der Waals surface area contributed by atoms with Gasteiger partial charge in [0.2, 0.25) is 0 Å². The third-order valence-corrected chi connectivity index (χ3v) is 6.55. The van der Waals surface area contributed by atoms with Crippen LogP contribution in [0.2, 0.25) is 0 Å². The van der Waals surface area contributed by atoms with Crippen LogP contribution >= 0.6 is 11.3 Å². The fourth-order valence-corrected chi connectivity index (χ4v) is 4.61. The normalized spacial score (nSPS) is 14.8. The van der Waals surface area contributed by atoms with Gasteiger partial charge in [0, 0.05) is 18.2 Å². The molecule has 9 heteroatoms. The number of hydrogen-bond donors (Lipinski definition) is 0. The van der Waals surface area contributed by atoms with Crippen molar-refractivity contribution < 1.29 is 13.9 Å². The Labute approximate surface area is 195 Å². The lowest BCUT2D eigenvalue weighted by molar-refractivity contribution is 0.0557. The molecule has 1 aliphatic carbocycles. The van der Waals surface area contributed by atoms with Crippen molar-refractivity contribution in [3.63, 3.8) is 0 Å². The number of hydrogen-bond acceptors (Lipinski definition) is 7. The first-order valence-corrected chi connectivity index (χ1v) is 11.5. The first kappa shape index (κ1) is 22.8. The molecular weight excluding hydrogens is 441 g/mol. The summed E-state index contributed by atoms with van der Waals surface area (Å²) in [6.07, 6.45) is 3.33. The lowest BCUT2D eigenvalue weighted by Gasteiger charge is -2.44. The summed E-state index contributed by atoms with van der Waals surface area (Å²) in [5.74, 6) is -0.0681. The summed E-state index contributed by atoms with van der Waals surface area (Å²) >= 11 is 1.32. The largest absolute Gasteiger partial charge is 0.443 e. The second-order valence-electron chi connectivity index (χ2n) is 9.09. The van der Waals surface area contributed by atoms with E-state index in [4.69, 9.17) is 10.00 Å². The minimum Gasteiger partial charge on any atom is -0.443 e. The van der Waals surface area contributed by atoms with Crippen LogP contribution in [0.15, 0.2) is 42.6 Å². The predicted molar refractivity (Wildman–Crippen MR) is 123 cm³/mol. The van der Waals surface area contributed by atoms with Gasteiger partial charge >= 0.3 is 6.09 Å². The van der Waals surface area contributed by atoms with Crippen molar-refractivity contribution in [1.82, 2.24) is 15.2 Å². The first-order chi connectivity index (χ1) is 15.7. The molecule has 7 nitrogen and oxygen atoms in total. The summed E-state index contributed by atoms with van der Waals surface area (Å²) in [4.78, 5) is 20.3. The van der Waals surface area contributed by atoms with E-state index in [-0.39, 0.29) is 12.4 Å². The van der Waals surface area contributed by atoms with Gasteiger partial charge in [-0.25, -0.2) is 9.18 Å². The van der Waals surface area contributed by atoms with Crippen LogP contribution in [0.25, 0.3) is 10.6 Å². The van der Waals surface area contributed by atoms with E-state index in [1.54, 1.807) is 51.2 Å². The quantitative estimate of drug-likeness (QED) is 0.496. The second kappa shape index (κ2) is 8.87. The molecule has 33 heavy (non-hydrogen) atoms. The van der Waals surface area contributed by atoms with Crippen molar-refractivity contribution in [3.8, 4) is 16.6 Å². The first-order valence-electron chi connectivity index (χ1n) is 10.7. The smallest absolute Gasteiger partial charge is 0.416 e. The van der Waals surface area contributed by atoms with Crippen LogP contribution in [0.3, 0.4) is 0 Å². The van der Waals surface area contributed by atoms with Crippen molar-refractivity contribution >= 4 is 23.2 Å². The standard InChI is InChI=1S/C24H24FN5O2S/c1-23(2,3)32-22(31)30(15-24(11-5-12-24)21-17(25)6-4-13-27-21)20-10-8-18(28-29-20)19-9-7-16(14-26)33-19/h4,6-10,13H,5,11-12,15H2,1-3H3. The molecule has 0 radical (unpaired) electrons. The molecule has 0 unspecified atom stereocenters.